The largest absolute Gasteiger partial charge is 0.390 e. The topological polar surface area (TPSA) is 72.8 Å². The highest BCUT2D eigenvalue weighted by molar-refractivity contribution is 5.86. The highest BCUT2D eigenvalue weighted by atomic mass is 16.3. The number of amides is 1. The molecule has 1 aromatic carbocycles. The lowest BCUT2D eigenvalue weighted by Gasteiger charge is -2.38. The first-order valence-corrected chi connectivity index (χ1v) is 10.9. The first kappa shape index (κ1) is 21.3. The van der Waals surface area contributed by atoms with Crippen LogP contribution in [0, 0.1) is 0 Å². The van der Waals surface area contributed by atoms with Crippen LogP contribution < -0.4 is 5.32 Å². The maximum atomic E-state index is 12.9. The zero-order chi connectivity index (χ0) is 20.2. The molecule has 0 bridgehead atoms. The maximum absolute atomic E-state index is 12.9. The molecule has 0 aromatic heterocycles. The van der Waals surface area contributed by atoms with Crippen LogP contribution in [0.4, 0.5) is 0 Å². The highest BCUT2D eigenvalue weighted by Crippen LogP contribution is 2.32. The maximum Gasteiger partial charge on any atom is 0.256 e. The number of carbonyl (C=O) groups excluding carboxylic acids is 1. The summed E-state index contributed by atoms with van der Waals surface area (Å²) in [5.41, 5.74) is 0.492. The summed E-state index contributed by atoms with van der Waals surface area (Å²) in [5, 5.41) is 24.6. The number of nitrogens with one attached hydrogen (secondary N) is 1. The number of hydrogen-bond acceptors (Lipinski definition) is 4. The molecule has 1 saturated heterocycles. The van der Waals surface area contributed by atoms with Crippen molar-refractivity contribution < 1.29 is 15.0 Å². The average molecular weight is 389 g/mol. The Balaban J connectivity index is 1.51. The minimum Gasteiger partial charge on any atom is -0.390 e. The lowest BCUT2D eigenvalue weighted by Crippen LogP contribution is -2.57. The van der Waals surface area contributed by atoms with E-state index in [1.165, 1.54) is 5.56 Å². The van der Waals surface area contributed by atoms with Crippen LogP contribution in [0.25, 0.3) is 0 Å². The van der Waals surface area contributed by atoms with E-state index in [2.05, 4.69) is 43.4 Å². The Morgan fingerprint density at radius 1 is 1.07 bits per heavy atom. The second-order valence-corrected chi connectivity index (χ2v) is 9.12. The molecule has 1 aliphatic carbocycles. The van der Waals surface area contributed by atoms with E-state index >= 15 is 0 Å². The average Bonchev–Trinajstić information content (AvgIpc) is 3.10. The third-order valence-corrected chi connectivity index (χ3v) is 6.44. The molecule has 1 amide bonds. The summed E-state index contributed by atoms with van der Waals surface area (Å²) in [4.78, 5) is 14.7. The molecule has 1 atom stereocenters. The molecule has 0 radical (unpaired) electrons. The van der Waals surface area contributed by atoms with Crippen LogP contribution >= 0.6 is 0 Å². The number of carbonyl (C=O) groups is 1. The van der Waals surface area contributed by atoms with Gasteiger partial charge in [-0.25, -0.2) is 0 Å². The Hall–Kier alpha value is -1.43. The van der Waals surface area contributed by atoms with Gasteiger partial charge < -0.3 is 20.4 Å². The Morgan fingerprint density at radius 3 is 2.39 bits per heavy atom. The Labute approximate surface area is 169 Å². The molecule has 28 heavy (non-hydrogen) atoms. The normalized spacial score (nSPS) is 24.9. The number of hydrogen-bond donors (Lipinski definition) is 3. The molecule has 5 nitrogen and oxygen atoms in total. The van der Waals surface area contributed by atoms with Gasteiger partial charge in [-0.2, -0.15) is 0 Å². The molecule has 2 aliphatic rings. The van der Waals surface area contributed by atoms with Crippen molar-refractivity contribution in [1.29, 1.82) is 0 Å². The van der Waals surface area contributed by atoms with Gasteiger partial charge in [-0.05, 0) is 55.7 Å². The summed E-state index contributed by atoms with van der Waals surface area (Å²) in [6, 6.07) is 8.40. The molecule has 3 rings (SSSR count). The van der Waals surface area contributed by atoms with Crippen molar-refractivity contribution in [3.63, 3.8) is 0 Å². The van der Waals surface area contributed by atoms with Crippen LogP contribution in [0.2, 0.25) is 0 Å². The lowest BCUT2D eigenvalue weighted by molar-refractivity contribution is -0.157. The number of aliphatic hydroxyl groups is 2. The van der Waals surface area contributed by atoms with E-state index in [4.69, 9.17) is 0 Å². The van der Waals surface area contributed by atoms with Gasteiger partial charge in [-0.3, -0.25) is 4.79 Å². The molecule has 0 spiro atoms. The minimum atomic E-state index is -1.34. The molecule has 156 valence electrons. The molecule has 1 aromatic rings. The van der Waals surface area contributed by atoms with Gasteiger partial charge in [0.25, 0.3) is 5.91 Å². The number of likely N-dealkylation sites (tertiary alicyclic amines) is 1. The SMILES string of the molecule is CC(C)c1ccc(CN2CCCC(O)(CNCCC3(O)CCCC3)C2=O)cc1. The quantitative estimate of drug-likeness (QED) is 0.599. The molecule has 1 heterocycles. The van der Waals surface area contributed by atoms with E-state index < -0.39 is 11.2 Å². The second kappa shape index (κ2) is 8.93. The molecular formula is C23H36N2O3. The number of benzene rings is 1. The summed E-state index contributed by atoms with van der Waals surface area (Å²) < 4.78 is 0. The van der Waals surface area contributed by atoms with Crippen molar-refractivity contribution in [3.8, 4) is 0 Å². The van der Waals surface area contributed by atoms with Gasteiger partial charge in [0.15, 0.2) is 5.60 Å². The molecule has 1 aliphatic heterocycles. The Kier molecular flexibility index (Phi) is 6.79. The fraction of sp³-hybridized carbons (Fsp3) is 0.696. The van der Waals surface area contributed by atoms with Crippen LogP contribution in [0.3, 0.4) is 0 Å². The van der Waals surface area contributed by atoms with Gasteiger partial charge in [0.1, 0.15) is 0 Å². The Morgan fingerprint density at radius 2 is 1.75 bits per heavy atom. The van der Waals surface area contributed by atoms with Gasteiger partial charge in [0.05, 0.1) is 5.60 Å². The van der Waals surface area contributed by atoms with Gasteiger partial charge in [-0.15, -0.1) is 0 Å². The predicted octanol–water partition coefficient (Wildman–Crippen LogP) is 2.95. The summed E-state index contributed by atoms with van der Waals surface area (Å²) in [6.07, 6.45) is 5.88. The van der Waals surface area contributed by atoms with E-state index in [1.54, 1.807) is 4.90 Å². The molecular weight excluding hydrogens is 352 g/mol. The molecule has 3 N–H and O–H groups in total. The standard InChI is InChI=1S/C23H36N2O3/c1-18(2)20-8-6-19(7-9-20)16-25-15-5-12-23(28,21(25)26)17-24-14-13-22(27)10-3-4-11-22/h6-9,18,24,27-28H,3-5,10-17H2,1-2H3. The van der Waals surface area contributed by atoms with Crippen molar-refractivity contribution in [2.45, 2.75) is 82.5 Å². The number of piperidine rings is 1. The zero-order valence-corrected chi connectivity index (χ0v) is 17.4. The molecule has 2 fully saturated rings. The molecule has 1 saturated carbocycles. The van der Waals surface area contributed by atoms with Gasteiger partial charge in [0.2, 0.25) is 0 Å². The summed E-state index contributed by atoms with van der Waals surface area (Å²) >= 11 is 0. The van der Waals surface area contributed by atoms with E-state index in [0.717, 1.165) is 37.7 Å². The summed E-state index contributed by atoms with van der Waals surface area (Å²) in [7, 11) is 0. The van der Waals surface area contributed by atoms with Gasteiger partial charge in [-0.1, -0.05) is 51.0 Å². The van der Waals surface area contributed by atoms with Crippen molar-refractivity contribution >= 4 is 5.91 Å². The van der Waals surface area contributed by atoms with Gasteiger partial charge >= 0.3 is 0 Å². The van der Waals surface area contributed by atoms with Crippen LogP contribution in [0.1, 0.15) is 75.8 Å². The zero-order valence-electron chi connectivity index (χ0n) is 17.4. The molecule has 5 heteroatoms. The fourth-order valence-electron chi connectivity index (χ4n) is 4.51. The first-order valence-electron chi connectivity index (χ1n) is 10.9. The number of nitrogens with zero attached hydrogens (tertiary/aromatic N) is 1. The van der Waals surface area contributed by atoms with Crippen LogP contribution in [-0.4, -0.2) is 51.9 Å². The smallest absolute Gasteiger partial charge is 0.256 e. The second-order valence-electron chi connectivity index (χ2n) is 9.12. The predicted molar refractivity (Wildman–Crippen MR) is 111 cm³/mol. The van der Waals surface area contributed by atoms with E-state index in [0.29, 0.717) is 38.4 Å². The third-order valence-electron chi connectivity index (χ3n) is 6.44. The van der Waals surface area contributed by atoms with Crippen molar-refractivity contribution in [1.82, 2.24) is 10.2 Å². The van der Waals surface area contributed by atoms with Crippen molar-refractivity contribution in [2.24, 2.45) is 0 Å². The minimum absolute atomic E-state index is 0.182. The van der Waals surface area contributed by atoms with Gasteiger partial charge in [0, 0.05) is 19.6 Å². The van der Waals surface area contributed by atoms with Crippen molar-refractivity contribution in [2.75, 3.05) is 19.6 Å². The van der Waals surface area contributed by atoms with E-state index in [1.807, 2.05) is 0 Å². The lowest BCUT2D eigenvalue weighted by atomic mass is 9.91. The number of rotatable bonds is 8. The summed E-state index contributed by atoms with van der Waals surface area (Å²) in [6.45, 7) is 6.45. The van der Waals surface area contributed by atoms with Crippen LogP contribution in [0.5, 0.6) is 0 Å². The monoisotopic (exact) mass is 388 g/mol. The van der Waals surface area contributed by atoms with Crippen LogP contribution in [-0.2, 0) is 11.3 Å². The van der Waals surface area contributed by atoms with Crippen LogP contribution in [0.15, 0.2) is 24.3 Å². The molecule has 1 unspecified atom stereocenters. The van der Waals surface area contributed by atoms with E-state index in [9.17, 15) is 15.0 Å². The third kappa shape index (κ3) is 5.13. The van der Waals surface area contributed by atoms with Crippen molar-refractivity contribution in [3.05, 3.63) is 35.4 Å². The highest BCUT2D eigenvalue weighted by Gasteiger charge is 2.42. The first-order chi connectivity index (χ1) is 13.3. The Bertz CT molecular complexity index is 652. The van der Waals surface area contributed by atoms with E-state index in [-0.39, 0.29) is 12.5 Å². The fourth-order valence-corrected chi connectivity index (χ4v) is 4.51. The summed E-state index contributed by atoms with van der Waals surface area (Å²) in [5.74, 6) is 0.308.